The van der Waals surface area contributed by atoms with E-state index in [4.69, 9.17) is 5.73 Å². The minimum atomic E-state index is 0.431. The first-order valence-electron chi connectivity index (χ1n) is 5.55. The normalized spacial score (nSPS) is 19.0. The molecule has 0 radical (unpaired) electrons. The fraction of sp³-hybridized carbons (Fsp3) is 0.538. The second kappa shape index (κ2) is 3.74. The first-order chi connectivity index (χ1) is 6.78. The molecule has 2 N–H and O–H groups in total. The highest BCUT2D eigenvalue weighted by atomic mass is 14.6. The average molecular weight is 189 g/mol. The van der Waals surface area contributed by atoms with Crippen molar-refractivity contribution in [2.24, 2.45) is 5.73 Å². The monoisotopic (exact) mass is 189 g/mol. The third kappa shape index (κ3) is 1.46. The Bertz CT molecular complexity index is 313. The molecule has 1 heteroatoms. The van der Waals surface area contributed by atoms with Crippen LogP contribution >= 0.6 is 0 Å². The van der Waals surface area contributed by atoms with Crippen LogP contribution in [0.15, 0.2) is 24.3 Å². The Morgan fingerprint density at radius 2 is 2.00 bits per heavy atom. The van der Waals surface area contributed by atoms with Crippen molar-refractivity contribution < 1.29 is 0 Å². The van der Waals surface area contributed by atoms with E-state index in [0.29, 0.717) is 5.41 Å². The van der Waals surface area contributed by atoms with E-state index in [1.807, 2.05) is 0 Å². The number of hydrogen-bond donors (Lipinski definition) is 1. The molecule has 0 unspecified atom stereocenters. The molecule has 1 saturated carbocycles. The molecule has 0 atom stereocenters. The minimum Gasteiger partial charge on any atom is -0.330 e. The molecule has 0 spiro atoms. The Morgan fingerprint density at radius 1 is 1.29 bits per heavy atom. The van der Waals surface area contributed by atoms with E-state index in [9.17, 15) is 0 Å². The second-order valence-electron chi connectivity index (χ2n) is 4.49. The van der Waals surface area contributed by atoms with E-state index < -0.39 is 0 Å². The summed E-state index contributed by atoms with van der Waals surface area (Å²) in [5.41, 5.74) is 9.11. The summed E-state index contributed by atoms with van der Waals surface area (Å²) in [7, 11) is 0. The molecule has 1 aliphatic rings. The van der Waals surface area contributed by atoms with Crippen LogP contribution in [-0.4, -0.2) is 6.54 Å². The van der Waals surface area contributed by atoms with Crippen molar-refractivity contribution in [2.75, 3.05) is 6.54 Å². The minimum absolute atomic E-state index is 0.431. The van der Waals surface area contributed by atoms with Crippen molar-refractivity contribution in [2.45, 2.75) is 38.0 Å². The van der Waals surface area contributed by atoms with E-state index in [1.54, 1.807) is 0 Å². The molecule has 1 aromatic rings. The zero-order valence-electron chi connectivity index (χ0n) is 8.92. The van der Waals surface area contributed by atoms with Crippen molar-refractivity contribution in [1.29, 1.82) is 0 Å². The van der Waals surface area contributed by atoms with Gasteiger partial charge in [0.15, 0.2) is 0 Å². The lowest BCUT2D eigenvalue weighted by molar-refractivity contribution is 0.228. The van der Waals surface area contributed by atoms with Crippen LogP contribution in [0.25, 0.3) is 0 Å². The van der Waals surface area contributed by atoms with Crippen LogP contribution in [0.2, 0.25) is 0 Å². The standard InChI is InChI=1S/C13H19N/c1-11-5-2-3-6-12(11)13(9-10-14)7-4-8-13/h2-3,5-6H,4,7-10,14H2,1H3. The van der Waals surface area contributed by atoms with Gasteiger partial charge in [0.1, 0.15) is 0 Å². The molecular formula is C13H19N. The lowest BCUT2D eigenvalue weighted by Crippen LogP contribution is -2.37. The maximum absolute atomic E-state index is 5.71. The number of aryl methyl sites for hydroxylation is 1. The Morgan fingerprint density at radius 3 is 2.50 bits per heavy atom. The predicted molar refractivity (Wildman–Crippen MR) is 60.4 cm³/mol. The SMILES string of the molecule is Cc1ccccc1C1(CCN)CCC1. The fourth-order valence-corrected chi connectivity index (χ4v) is 2.70. The van der Waals surface area contributed by atoms with Crippen molar-refractivity contribution in [3.05, 3.63) is 35.4 Å². The Hall–Kier alpha value is -0.820. The molecule has 14 heavy (non-hydrogen) atoms. The molecule has 1 aromatic carbocycles. The van der Waals surface area contributed by atoms with Crippen LogP contribution in [-0.2, 0) is 5.41 Å². The summed E-state index contributed by atoms with van der Waals surface area (Å²) in [6, 6.07) is 8.77. The number of nitrogens with two attached hydrogens (primary N) is 1. The summed E-state index contributed by atoms with van der Waals surface area (Å²) in [5.74, 6) is 0. The van der Waals surface area contributed by atoms with Crippen LogP contribution in [0.4, 0.5) is 0 Å². The van der Waals surface area contributed by atoms with Gasteiger partial charge in [-0.3, -0.25) is 0 Å². The first-order valence-corrected chi connectivity index (χ1v) is 5.55. The van der Waals surface area contributed by atoms with Crippen molar-refractivity contribution in [3.63, 3.8) is 0 Å². The lowest BCUT2D eigenvalue weighted by Gasteiger charge is -2.43. The third-order valence-corrected chi connectivity index (χ3v) is 3.65. The van der Waals surface area contributed by atoms with E-state index in [-0.39, 0.29) is 0 Å². The van der Waals surface area contributed by atoms with Gasteiger partial charge in [0, 0.05) is 0 Å². The molecule has 0 saturated heterocycles. The maximum atomic E-state index is 5.71. The third-order valence-electron chi connectivity index (χ3n) is 3.65. The quantitative estimate of drug-likeness (QED) is 0.777. The molecule has 1 aliphatic carbocycles. The topological polar surface area (TPSA) is 26.0 Å². The Kier molecular flexibility index (Phi) is 2.60. The van der Waals surface area contributed by atoms with Crippen LogP contribution < -0.4 is 5.73 Å². The molecule has 0 amide bonds. The predicted octanol–water partition coefficient (Wildman–Crippen LogP) is 2.77. The maximum Gasteiger partial charge on any atom is -0.00324 e. The highest BCUT2D eigenvalue weighted by Crippen LogP contribution is 2.47. The largest absolute Gasteiger partial charge is 0.330 e. The van der Waals surface area contributed by atoms with E-state index in [0.717, 1.165) is 13.0 Å². The van der Waals surface area contributed by atoms with Crippen LogP contribution in [0, 0.1) is 6.92 Å². The Labute approximate surface area is 86.3 Å². The van der Waals surface area contributed by atoms with Crippen molar-refractivity contribution >= 4 is 0 Å². The number of benzene rings is 1. The summed E-state index contributed by atoms with van der Waals surface area (Å²) in [6.07, 6.45) is 5.18. The van der Waals surface area contributed by atoms with Crippen molar-refractivity contribution in [1.82, 2.24) is 0 Å². The van der Waals surface area contributed by atoms with Crippen LogP contribution in [0.5, 0.6) is 0 Å². The van der Waals surface area contributed by atoms with Gasteiger partial charge in [0.05, 0.1) is 0 Å². The summed E-state index contributed by atoms with van der Waals surface area (Å²) in [6.45, 7) is 3.03. The smallest absolute Gasteiger partial charge is 0.00324 e. The fourth-order valence-electron chi connectivity index (χ4n) is 2.70. The highest BCUT2D eigenvalue weighted by Gasteiger charge is 2.38. The summed E-state index contributed by atoms with van der Waals surface area (Å²) in [5, 5.41) is 0. The average Bonchev–Trinajstić information content (AvgIpc) is 2.13. The molecule has 0 heterocycles. The first kappa shape index (κ1) is 9.72. The van der Waals surface area contributed by atoms with Gasteiger partial charge < -0.3 is 5.73 Å². The van der Waals surface area contributed by atoms with Gasteiger partial charge >= 0.3 is 0 Å². The van der Waals surface area contributed by atoms with Gasteiger partial charge in [-0.2, -0.15) is 0 Å². The van der Waals surface area contributed by atoms with Crippen LogP contribution in [0.3, 0.4) is 0 Å². The van der Waals surface area contributed by atoms with E-state index >= 15 is 0 Å². The molecule has 1 fully saturated rings. The second-order valence-corrected chi connectivity index (χ2v) is 4.49. The highest BCUT2D eigenvalue weighted by molar-refractivity contribution is 5.35. The lowest BCUT2D eigenvalue weighted by atomic mass is 9.61. The molecule has 2 rings (SSSR count). The summed E-state index contributed by atoms with van der Waals surface area (Å²) in [4.78, 5) is 0. The van der Waals surface area contributed by atoms with Crippen LogP contribution in [0.1, 0.15) is 36.8 Å². The van der Waals surface area contributed by atoms with Gasteiger partial charge in [0.25, 0.3) is 0 Å². The zero-order valence-corrected chi connectivity index (χ0v) is 8.92. The zero-order chi connectivity index (χ0) is 10.0. The molecule has 0 bridgehead atoms. The number of rotatable bonds is 3. The summed E-state index contributed by atoms with van der Waals surface area (Å²) >= 11 is 0. The van der Waals surface area contributed by atoms with Gasteiger partial charge in [-0.15, -0.1) is 0 Å². The van der Waals surface area contributed by atoms with E-state index in [2.05, 4.69) is 31.2 Å². The van der Waals surface area contributed by atoms with E-state index in [1.165, 1.54) is 30.4 Å². The molecule has 0 aromatic heterocycles. The molecule has 1 nitrogen and oxygen atoms in total. The summed E-state index contributed by atoms with van der Waals surface area (Å²) < 4.78 is 0. The molecular weight excluding hydrogens is 170 g/mol. The van der Waals surface area contributed by atoms with Gasteiger partial charge in [-0.1, -0.05) is 30.7 Å². The van der Waals surface area contributed by atoms with Gasteiger partial charge in [-0.25, -0.2) is 0 Å². The number of hydrogen-bond acceptors (Lipinski definition) is 1. The molecule has 0 aliphatic heterocycles. The van der Waals surface area contributed by atoms with Gasteiger partial charge in [-0.05, 0) is 49.3 Å². The van der Waals surface area contributed by atoms with Crippen molar-refractivity contribution in [3.8, 4) is 0 Å². The molecule has 76 valence electrons. The Balaban J connectivity index is 2.32. The van der Waals surface area contributed by atoms with Gasteiger partial charge in [0.2, 0.25) is 0 Å².